The number of hydrogen-bond acceptors (Lipinski definition) is 8. The molecule has 0 aliphatic carbocycles. The van der Waals surface area contributed by atoms with Crippen LogP contribution in [0.2, 0.25) is 0 Å². The average molecular weight is 776 g/mol. The van der Waals surface area contributed by atoms with Crippen LogP contribution < -0.4 is 16.1 Å². The zero-order chi connectivity index (χ0) is 40.1. The van der Waals surface area contributed by atoms with Crippen molar-refractivity contribution in [1.29, 1.82) is 0 Å². The molecule has 16 heteroatoms. The van der Waals surface area contributed by atoms with Crippen LogP contribution in [0.25, 0.3) is 5.69 Å². The van der Waals surface area contributed by atoms with Crippen LogP contribution in [0.3, 0.4) is 0 Å². The fourth-order valence-corrected chi connectivity index (χ4v) is 6.62. The number of carboxylic acids is 1. The van der Waals surface area contributed by atoms with E-state index in [0.29, 0.717) is 23.4 Å². The highest BCUT2D eigenvalue weighted by Gasteiger charge is 2.39. The van der Waals surface area contributed by atoms with E-state index < -0.39 is 53.7 Å². The number of benzene rings is 3. The Balaban J connectivity index is 1.20. The van der Waals surface area contributed by atoms with E-state index in [4.69, 9.17) is 0 Å². The van der Waals surface area contributed by atoms with Crippen molar-refractivity contribution < 1.29 is 33.5 Å². The number of nitrogens with zero attached hydrogens (tertiary/aromatic N) is 6. The minimum Gasteiger partial charge on any atom is -0.481 e. The average Bonchev–Trinajstić information content (AvgIpc) is 3.89. The van der Waals surface area contributed by atoms with Gasteiger partial charge in [-0.3, -0.25) is 29.6 Å². The smallest absolute Gasteiger partial charge is 0.339 e. The second-order valence-electron chi connectivity index (χ2n) is 13.7. The summed E-state index contributed by atoms with van der Waals surface area (Å²) >= 11 is 0. The highest BCUT2D eigenvalue weighted by molar-refractivity contribution is 5.93. The van der Waals surface area contributed by atoms with Crippen LogP contribution in [-0.2, 0) is 45.0 Å². The summed E-state index contributed by atoms with van der Waals surface area (Å²) in [6.45, 7) is -0.0364. The second kappa shape index (κ2) is 19.1. The minimum atomic E-state index is -1.14. The van der Waals surface area contributed by atoms with Crippen molar-refractivity contribution >= 4 is 29.7 Å². The number of aliphatic carboxylic acids is 1. The van der Waals surface area contributed by atoms with Crippen LogP contribution in [0.1, 0.15) is 41.6 Å². The van der Waals surface area contributed by atoms with Crippen molar-refractivity contribution in [1.82, 2.24) is 45.9 Å². The number of carboxylic acid groups (broad SMARTS) is 1. The first-order chi connectivity index (χ1) is 27.6. The highest BCUT2D eigenvalue weighted by Crippen LogP contribution is 2.21. The van der Waals surface area contributed by atoms with Crippen LogP contribution in [-0.4, -0.2) is 89.4 Å². The van der Waals surface area contributed by atoms with Gasteiger partial charge >= 0.3 is 12.0 Å². The third-order valence-electron chi connectivity index (χ3n) is 9.34. The Morgan fingerprint density at radius 1 is 0.860 bits per heavy atom. The van der Waals surface area contributed by atoms with Gasteiger partial charge in [0.1, 0.15) is 23.6 Å². The molecule has 1 aliphatic rings. The maximum atomic E-state index is 14.3. The molecule has 0 unspecified atom stereocenters. The molecule has 57 heavy (non-hydrogen) atoms. The Morgan fingerprint density at radius 2 is 1.56 bits per heavy atom. The Morgan fingerprint density at radius 3 is 2.25 bits per heavy atom. The van der Waals surface area contributed by atoms with Gasteiger partial charge in [-0.25, -0.2) is 18.9 Å². The third-order valence-corrected chi connectivity index (χ3v) is 9.34. The van der Waals surface area contributed by atoms with Gasteiger partial charge < -0.3 is 20.6 Å². The van der Waals surface area contributed by atoms with E-state index in [9.17, 15) is 33.5 Å². The van der Waals surface area contributed by atoms with E-state index in [0.717, 1.165) is 16.1 Å². The molecule has 3 aromatic carbocycles. The molecule has 1 saturated heterocycles. The number of hydrogen-bond donors (Lipinski definition) is 4. The number of carbonyl (C=O) groups excluding carboxylic acids is 4. The van der Waals surface area contributed by atoms with E-state index >= 15 is 0 Å². The molecular weight excluding hydrogens is 734 g/mol. The van der Waals surface area contributed by atoms with Crippen molar-refractivity contribution in [3.63, 3.8) is 0 Å². The lowest BCUT2D eigenvalue weighted by Crippen LogP contribution is -2.58. The van der Waals surface area contributed by atoms with Gasteiger partial charge in [-0.1, -0.05) is 71.9 Å². The van der Waals surface area contributed by atoms with Gasteiger partial charge in [-0.15, -0.1) is 5.10 Å². The molecule has 5 aromatic rings. The third kappa shape index (κ3) is 11.3. The van der Waals surface area contributed by atoms with E-state index in [1.165, 1.54) is 33.8 Å². The molecule has 294 valence electrons. The van der Waals surface area contributed by atoms with Gasteiger partial charge in [-0.05, 0) is 66.3 Å². The lowest BCUT2D eigenvalue weighted by Gasteiger charge is -2.32. The quantitative estimate of drug-likeness (QED) is 0.116. The van der Waals surface area contributed by atoms with Gasteiger partial charge in [0.15, 0.2) is 0 Å². The molecule has 1 fully saturated rings. The fraction of sp³-hybridized carbons (Fsp3) is 0.268. The summed E-state index contributed by atoms with van der Waals surface area (Å²) in [5, 5.41) is 24.6. The van der Waals surface area contributed by atoms with E-state index in [1.54, 1.807) is 55.0 Å². The molecule has 1 aliphatic heterocycles. The van der Waals surface area contributed by atoms with Crippen LogP contribution in [0.15, 0.2) is 116 Å². The van der Waals surface area contributed by atoms with E-state index in [2.05, 4.69) is 31.4 Å². The van der Waals surface area contributed by atoms with Crippen molar-refractivity contribution in [2.45, 2.75) is 63.2 Å². The molecule has 3 heterocycles. The zero-order valence-electron chi connectivity index (χ0n) is 30.9. The van der Waals surface area contributed by atoms with Crippen molar-refractivity contribution in [2.24, 2.45) is 0 Å². The molecule has 4 N–H and O–H groups in total. The summed E-state index contributed by atoms with van der Waals surface area (Å²) in [5.74, 6) is -3.19. The summed E-state index contributed by atoms with van der Waals surface area (Å²) < 4.78 is 15.0. The molecule has 6 rings (SSSR count). The van der Waals surface area contributed by atoms with Gasteiger partial charge in [0.05, 0.1) is 31.3 Å². The number of pyridine rings is 1. The number of likely N-dealkylation sites (tertiary alicyclic amines) is 1. The number of amides is 5. The first-order valence-electron chi connectivity index (χ1n) is 18.5. The van der Waals surface area contributed by atoms with E-state index in [1.807, 2.05) is 36.4 Å². The van der Waals surface area contributed by atoms with Crippen molar-refractivity contribution in [3.8, 4) is 5.69 Å². The summed E-state index contributed by atoms with van der Waals surface area (Å²) in [4.78, 5) is 72.9. The molecule has 3 atom stereocenters. The molecule has 0 spiro atoms. The molecule has 5 amide bonds. The predicted molar refractivity (Wildman–Crippen MR) is 204 cm³/mol. The summed E-state index contributed by atoms with van der Waals surface area (Å²) in [5.41, 5.74) is 5.70. The van der Waals surface area contributed by atoms with Crippen LogP contribution >= 0.6 is 0 Å². The van der Waals surface area contributed by atoms with Gasteiger partial charge in [0.25, 0.3) is 0 Å². The van der Waals surface area contributed by atoms with E-state index in [-0.39, 0.29) is 45.2 Å². The Labute approximate surface area is 327 Å². The van der Waals surface area contributed by atoms with Gasteiger partial charge in [0, 0.05) is 31.4 Å². The standard InChI is InChI=1S/C41H42FN9O6/c42-31-15-17-34(18-16-31)50-26-33(46-48-50)27-51(47-37(52)23-29-11-5-2-6-12-29)41(57)49-20-8-14-36(49)40(56)45-35(22-30-13-7-19-43-25-30)39(55)44-32(24-38(53)54)21-28-9-3-1-4-10-28/h1-7,9-13,15-19,25-26,32,35-36H,8,14,20-24,27H2,(H,44,55)(H,45,56)(H,47,52)(H,53,54)/t32-,35-,36-/m0/s1. The maximum absolute atomic E-state index is 14.3. The van der Waals surface area contributed by atoms with Crippen molar-refractivity contribution in [3.05, 3.63) is 144 Å². The largest absolute Gasteiger partial charge is 0.481 e. The number of nitrogens with one attached hydrogen (secondary N) is 3. The SMILES string of the molecule is O=C(O)C[C@H](Cc1ccccc1)NC(=O)[C@H](Cc1cccnc1)NC(=O)[C@@H]1CCCN1C(=O)N(Cc1cn(-c2ccc(F)cc2)nn1)NC(=O)Cc1ccccc1. The van der Waals surface area contributed by atoms with Crippen LogP contribution in [0.4, 0.5) is 9.18 Å². The highest BCUT2D eigenvalue weighted by atomic mass is 19.1. The summed E-state index contributed by atoms with van der Waals surface area (Å²) in [6, 6.07) is 23.6. The molecule has 15 nitrogen and oxygen atoms in total. The molecule has 0 saturated carbocycles. The number of halogens is 1. The molecule has 0 radical (unpaired) electrons. The number of urea groups is 1. The monoisotopic (exact) mass is 775 g/mol. The first kappa shape index (κ1) is 39.7. The second-order valence-corrected chi connectivity index (χ2v) is 13.7. The lowest BCUT2D eigenvalue weighted by molar-refractivity contribution is -0.138. The zero-order valence-corrected chi connectivity index (χ0v) is 30.9. The van der Waals surface area contributed by atoms with Gasteiger partial charge in [-0.2, -0.15) is 0 Å². The minimum absolute atomic E-state index is 0.0327. The van der Waals surface area contributed by atoms with Crippen LogP contribution in [0, 0.1) is 5.82 Å². The van der Waals surface area contributed by atoms with Crippen molar-refractivity contribution in [2.75, 3.05) is 6.54 Å². The van der Waals surface area contributed by atoms with Crippen LogP contribution in [0.5, 0.6) is 0 Å². The fourth-order valence-electron chi connectivity index (χ4n) is 6.62. The molecular formula is C41H42FN9O6. The molecule has 2 aromatic heterocycles. The Bertz CT molecular complexity index is 2140. The maximum Gasteiger partial charge on any atom is 0.339 e. The number of rotatable bonds is 15. The molecule has 0 bridgehead atoms. The number of hydrazine groups is 1. The summed E-state index contributed by atoms with van der Waals surface area (Å²) in [7, 11) is 0. The normalized spacial score (nSPS) is 14.6. The predicted octanol–water partition coefficient (Wildman–Crippen LogP) is 3.39. The number of aromatic nitrogens is 4. The lowest BCUT2D eigenvalue weighted by atomic mass is 10.0. The number of carbonyl (C=O) groups is 5. The van der Waals surface area contributed by atoms with Gasteiger partial charge in [0.2, 0.25) is 17.7 Å². The summed E-state index contributed by atoms with van der Waals surface area (Å²) in [6.07, 6.45) is 5.35. The Kier molecular flexibility index (Phi) is 13.3. The topological polar surface area (TPSA) is 192 Å². The Hall–Kier alpha value is -6.97. The first-order valence-corrected chi connectivity index (χ1v) is 18.5.